The van der Waals surface area contributed by atoms with E-state index in [9.17, 15) is 4.79 Å². The van der Waals surface area contributed by atoms with Crippen molar-refractivity contribution in [2.75, 3.05) is 0 Å². The van der Waals surface area contributed by atoms with Crippen LogP contribution in [-0.2, 0) is 6.42 Å². The van der Waals surface area contributed by atoms with Gasteiger partial charge in [-0.1, -0.05) is 13.8 Å². The van der Waals surface area contributed by atoms with Crippen LogP contribution < -0.4 is 5.56 Å². The van der Waals surface area contributed by atoms with E-state index in [-0.39, 0.29) is 5.56 Å². The van der Waals surface area contributed by atoms with Gasteiger partial charge in [-0.2, -0.15) is 5.10 Å². The molecular formula is C14H20N4O. The topological polar surface area (TPSA) is 63.6 Å². The van der Waals surface area contributed by atoms with E-state index in [0.29, 0.717) is 17.8 Å². The number of nitrogens with zero attached hydrogens (tertiary/aromatic N) is 3. The van der Waals surface area contributed by atoms with Crippen molar-refractivity contribution in [2.24, 2.45) is 5.92 Å². The summed E-state index contributed by atoms with van der Waals surface area (Å²) in [6.45, 7) is 8.34. The van der Waals surface area contributed by atoms with Crippen LogP contribution >= 0.6 is 0 Å². The van der Waals surface area contributed by atoms with Crippen LogP contribution in [0.3, 0.4) is 0 Å². The second kappa shape index (κ2) is 5.38. The first-order chi connectivity index (χ1) is 8.95. The molecule has 0 amide bonds. The minimum Gasteiger partial charge on any atom is -0.306 e. The normalized spacial score (nSPS) is 11.5. The Morgan fingerprint density at radius 2 is 2.05 bits per heavy atom. The van der Waals surface area contributed by atoms with Crippen molar-refractivity contribution in [3.05, 3.63) is 34.5 Å². The lowest BCUT2D eigenvalue weighted by Crippen LogP contribution is -2.11. The third-order valence-electron chi connectivity index (χ3n) is 2.82. The second-order valence-electron chi connectivity index (χ2n) is 5.49. The molecule has 2 rings (SSSR count). The Hall–Kier alpha value is -1.91. The molecule has 0 aliphatic rings. The summed E-state index contributed by atoms with van der Waals surface area (Å²) in [5.74, 6) is 1.07. The smallest absolute Gasteiger partial charge is 0.251 e. The highest BCUT2D eigenvalue weighted by atomic mass is 16.1. The highest BCUT2D eigenvalue weighted by Crippen LogP contribution is 2.15. The molecule has 0 saturated carbocycles. The van der Waals surface area contributed by atoms with Gasteiger partial charge in [0.05, 0.1) is 11.8 Å². The highest BCUT2D eigenvalue weighted by molar-refractivity contribution is 5.51. The summed E-state index contributed by atoms with van der Waals surface area (Å²) in [4.78, 5) is 19.0. The molecule has 102 valence electrons. The van der Waals surface area contributed by atoms with Crippen LogP contribution in [0.15, 0.2) is 23.3 Å². The quantitative estimate of drug-likeness (QED) is 0.918. The minimum absolute atomic E-state index is 0.113. The van der Waals surface area contributed by atoms with Crippen LogP contribution in [0.25, 0.3) is 11.4 Å². The van der Waals surface area contributed by atoms with E-state index in [1.807, 2.05) is 10.9 Å². The summed E-state index contributed by atoms with van der Waals surface area (Å²) >= 11 is 0. The Morgan fingerprint density at radius 3 is 2.63 bits per heavy atom. The van der Waals surface area contributed by atoms with Gasteiger partial charge in [0, 0.05) is 24.0 Å². The lowest BCUT2D eigenvalue weighted by molar-refractivity contribution is 0.532. The molecule has 0 unspecified atom stereocenters. The van der Waals surface area contributed by atoms with Gasteiger partial charge in [-0.05, 0) is 26.2 Å². The monoisotopic (exact) mass is 260 g/mol. The molecule has 5 heteroatoms. The third kappa shape index (κ3) is 3.30. The van der Waals surface area contributed by atoms with Crippen LogP contribution in [0.1, 0.15) is 39.4 Å². The van der Waals surface area contributed by atoms with E-state index in [0.717, 1.165) is 17.7 Å². The van der Waals surface area contributed by atoms with Crippen LogP contribution in [0.5, 0.6) is 0 Å². The summed E-state index contributed by atoms with van der Waals surface area (Å²) in [6.07, 6.45) is 4.44. The Balaban J connectivity index is 2.38. The predicted octanol–water partition coefficient (Wildman–Crippen LogP) is 2.41. The van der Waals surface area contributed by atoms with Gasteiger partial charge in [0.15, 0.2) is 0 Å². The van der Waals surface area contributed by atoms with E-state index >= 15 is 0 Å². The molecule has 19 heavy (non-hydrogen) atoms. The van der Waals surface area contributed by atoms with Crippen LogP contribution in [0.2, 0.25) is 0 Å². The first kappa shape index (κ1) is 13.5. The SMILES string of the molecule is CC(C)Cc1cc(=O)[nH]c(-c2cnn(C(C)C)c2)n1. The van der Waals surface area contributed by atoms with Crippen molar-refractivity contribution in [3.63, 3.8) is 0 Å². The van der Waals surface area contributed by atoms with Gasteiger partial charge in [-0.15, -0.1) is 0 Å². The molecule has 0 spiro atoms. The number of aromatic amines is 1. The molecule has 0 aliphatic carbocycles. The molecule has 2 aromatic heterocycles. The largest absolute Gasteiger partial charge is 0.306 e. The van der Waals surface area contributed by atoms with Crippen LogP contribution in [0, 0.1) is 5.92 Å². The summed E-state index contributed by atoms with van der Waals surface area (Å²) < 4.78 is 1.85. The summed E-state index contributed by atoms with van der Waals surface area (Å²) in [7, 11) is 0. The van der Waals surface area contributed by atoms with E-state index in [4.69, 9.17) is 0 Å². The lowest BCUT2D eigenvalue weighted by Gasteiger charge is -2.05. The molecule has 1 N–H and O–H groups in total. The average Bonchev–Trinajstić information content (AvgIpc) is 2.76. The summed E-state index contributed by atoms with van der Waals surface area (Å²) in [6, 6.07) is 1.86. The van der Waals surface area contributed by atoms with Gasteiger partial charge in [0.2, 0.25) is 0 Å². The highest BCUT2D eigenvalue weighted by Gasteiger charge is 2.09. The van der Waals surface area contributed by atoms with Crippen molar-refractivity contribution in [1.82, 2.24) is 19.7 Å². The molecule has 2 heterocycles. The zero-order chi connectivity index (χ0) is 14.0. The zero-order valence-electron chi connectivity index (χ0n) is 11.8. The van der Waals surface area contributed by atoms with Crippen molar-refractivity contribution in [2.45, 2.75) is 40.2 Å². The van der Waals surface area contributed by atoms with Crippen molar-refractivity contribution in [3.8, 4) is 11.4 Å². The maximum Gasteiger partial charge on any atom is 0.251 e. The Morgan fingerprint density at radius 1 is 1.32 bits per heavy atom. The van der Waals surface area contributed by atoms with Crippen LogP contribution in [-0.4, -0.2) is 19.7 Å². The molecule has 0 atom stereocenters. The molecule has 0 aromatic carbocycles. The molecule has 0 bridgehead atoms. The molecule has 0 fully saturated rings. The van der Waals surface area contributed by atoms with Gasteiger partial charge >= 0.3 is 0 Å². The van der Waals surface area contributed by atoms with Gasteiger partial charge in [-0.25, -0.2) is 4.98 Å². The fourth-order valence-electron chi connectivity index (χ4n) is 1.91. The number of nitrogens with one attached hydrogen (secondary N) is 1. The first-order valence-electron chi connectivity index (χ1n) is 6.60. The van der Waals surface area contributed by atoms with Crippen molar-refractivity contribution >= 4 is 0 Å². The van der Waals surface area contributed by atoms with E-state index in [1.54, 1.807) is 12.3 Å². The van der Waals surface area contributed by atoms with Crippen molar-refractivity contribution < 1.29 is 0 Å². The Kier molecular flexibility index (Phi) is 3.83. The summed E-state index contributed by atoms with van der Waals surface area (Å²) in [5, 5.41) is 4.27. The molecule has 2 aromatic rings. The maximum absolute atomic E-state index is 11.7. The van der Waals surface area contributed by atoms with Crippen LogP contribution in [0.4, 0.5) is 0 Å². The Labute approximate surface area is 112 Å². The molecular weight excluding hydrogens is 240 g/mol. The second-order valence-corrected chi connectivity index (χ2v) is 5.49. The first-order valence-corrected chi connectivity index (χ1v) is 6.60. The third-order valence-corrected chi connectivity index (χ3v) is 2.82. The lowest BCUT2D eigenvalue weighted by atomic mass is 10.1. The number of hydrogen-bond acceptors (Lipinski definition) is 3. The molecule has 5 nitrogen and oxygen atoms in total. The minimum atomic E-state index is -0.113. The maximum atomic E-state index is 11.7. The standard InChI is InChI=1S/C14H20N4O/c1-9(2)5-12-6-13(19)17-14(16-12)11-7-15-18(8-11)10(3)4/h6-10H,5H2,1-4H3,(H,16,17,19). The van der Waals surface area contributed by atoms with Gasteiger partial charge < -0.3 is 4.98 Å². The van der Waals surface area contributed by atoms with Gasteiger partial charge in [0.1, 0.15) is 5.82 Å². The van der Waals surface area contributed by atoms with Gasteiger partial charge in [-0.3, -0.25) is 9.48 Å². The fourth-order valence-corrected chi connectivity index (χ4v) is 1.91. The molecule has 0 radical (unpaired) electrons. The number of H-pyrrole nitrogens is 1. The van der Waals surface area contributed by atoms with Crippen molar-refractivity contribution in [1.29, 1.82) is 0 Å². The molecule has 0 aliphatic heterocycles. The molecule has 0 saturated heterocycles. The summed E-state index contributed by atoms with van der Waals surface area (Å²) in [5.41, 5.74) is 1.56. The van der Waals surface area contributed by atoms with E-state index < -0.39 is 0 Å². The number of aromatic nitrogens is 4. The predicted molar refractivity (Wildman–Crippen MR) is 75.0 cm³/mol. The Bertz CT molecular complexity index is 610. The van der Waals surface area contributed by atoms with E-state index in [1.165, 1.54) is 0 Å². The fraction of sp³-hybridized carbons (Fsp3) is 0.500. The number of hydrogen-bond donors (Lipinski definition) is 1. The zero-order valence-corrected chi connectivity index (χ0v) is 11.8. The van der Waals surface area contributed by atoms with E-state index in [2.05, 4.69) is 42.8 Å². The average molecular weight is 260 g/mol. The van der Waals surface area contributed by atoms with Gasteiger partial charge in [0.25, 0.3) is 5.56 Å². The number of rotatable bonds is 4.